The minimum absolute atomic E-state index is 0.0798. The van der Waals surface area contributed by atoms with Crippen molar-refractivity contribution in [3.63, 3.8) is 0 Å². The lowest BCUT2D eigenvalue weighted by atomic mass is 10.2. The second kappa shape index (κ2) is 10.3. The largest absolute Gasteiger partial charge is 0.396 e. The van der Waals surface area contributed by atoms with Crippen molar-refractivity contribution < 1.29 is 14.8 Å². The van der Waals surface area contributed by atoms with Crippen LogP contribution in [0.15, 0.2) is 54.6 Å². The van der Waals surface area contributed by atoms with Crippen molar-refractivity contribution in [1.82, 2.24) is 10.2 Å². The summed E-state index contributed by atoms with van der Waals surface area (Å²) in [6.45, 7) is 1.22. The number of thiocarbonyl (C=S) groups is 1. The lowest BCUT2D eigenvalue weighted by molar-refractivity contribution is -0.384. The van der Waals surface area contributed by atoms with Crippen molar-refractivity contribution in [2.45, 2.75) is 19.4 Å². The summed E-state index contributed by atoms with van der Waals surface area (Å²) >= 11 is 5.39. The van der Waals surface area contributed by atoms with Crippen LogP contribution in [0, 0.1) is 10.1 Å². The van der Waals surface area contributed by atoms with Crippen LogP contribution in [-0.4, -0.2) is 39.1 Å². The van der Waals surface area contributed by atoms with E-state index in [2.05, 4.69) is 5.32 Å². The molecule has 7 nitrogen and oxygen atoms in total. The molecule has 2 aromatic carbocycles. The van der Waals surface area contributed by atoms with Crippen molar-refractivity contribution in [3.8, 4) is 0 Å². The summed E-state index contributed by atoms with van der Waals surface area (Å²) in [6, 6.07) is 15.1. The second-order valence-corrected chi connectivity index (χ2v) is 6.29. The Balaban J connectivity index is 2.04. The number of rotatable bonds is 8. The molecule has 142 valence electrons. The standard InChI is InChI=1S/C19H21N3O4S/c23-13-5-4-12-21(14-15-6-2-1-3-7-15)19(27)20-18(24)16-8-10-17(11-9-16)22(25)26/h1-3,6-11,23H,4-5,12-14H2,(H,20,24,27). The number of aliphatic hydroxyl groups is 1. The topological polar surface area (TPSA) is 95.7 Å². The predicted molar refractivity (Wildman–Crippen MR) is 106 cm³/mol. The third-order valence-corrected chi connectivity index (χ3v) is 4.26. The van der Waals surface area contributed by atoms with Crippen molar-refractivity contribution >= 4 is 28.9 Å². The molecule has 0 unspecified atom stereocenters. The number of unbranched alkanes of at least 4 members (excludes halogenated alkanes) is 1. The number of nitro benzene ring substituents is 1. The van der Waals surface area contributed by atoms with E-state index in [1.807, 2.05) is 35.2 Å². The number of carbonyl (C=O) groups is 1. The lowest BCUT2D eigenvalue weighted by Crippen LogP contribution is -2.42. The van der Waals surface area contributed by atoms with Gasteiger partial charge < -0.3 is 10.0 Å². The highest BCUT2D eigenvalue weighted by Gasteiger charge is 2.15. The van der Waals surface area contributed by atoms with E-state index in [0.717, 1.165) is 12.0 Å². The van der Waals surface area contributed by atoms with Crippen LogP contribution in [0.5, 0.6) is 0 Å². The molecular formula is C19H21N3O4S. The zero-order valence-electron chi connectivity index (χ0n) is 14.7. The third-order valence-electron chi connectivity index (χ3n) is 3.90. The molecule has 0 heterocycles. The van der Waals surface area contributed by atoms with Crippen LogP contribution in [0.25, 0.3) is 0 Å². The first-order valence-electron chi connectivity index (χ1n) is 8.50. The summed E-state index contributed by atoms with van der Waals surface area (Å²) in [7, 11) is 0. The Morgan fingerprint density at radius 2 is 1.78 bits per heavy atom. The Kier molecular flexibility index (Phi) is 7.84. The van der Waals surface area contributed by atoms with Crippen LogP contribution in [-0.2, 0) is 6.54 Å². The normalized spacial score (nSPS) is 10.3. The van der Waals surface area contributed by atoms with E-state index in [9.17, 15) is 14.9 Å². The van der Waals surface area contributed by atoms with Crippen LogP contribution in [0.4, 0.5) is 5.69 Å². The minimum Gasteiger partial charge on any atom is -0.396 e. The molecule has 0 aliphatic rings. The fourth-order valence-electron chi connectivity index (χ4n) is 2.45. The molecule has 0 spiro atoms. The maximum atomic E-state index is 12.4. The Hall–Kier alpha value is -2.84. The van der Waals surface area contributed by atoms with Gasteiger partial charge in [-0.2, -0.15) is 0 Å². The summed E-state index contributed by atoms with van der Waals surface area (Å²) in [5, 5.41) is 22.7. The van der Waals surface area contributed by atoms with Gasteiger partial charge in [-0.3, -0.25) is 20.2 Å². The van der Waals surface area contributed by atoms with Crippen molar-refractivity contribution in [2.24, 2.45) is 0 Å². The van der Waals surface area contributed by atoms with E-state index >= 15 is 0 Å². The maximum absolute atomic E-state index is 12.4. The average molecular weight is 387 g/mol. The monoisotopic (exact) mass is 387 g/mol. The molecule has 0 aromatic heterocycles. The van der Waals surface area contributed by atoms with Gasteiger partial charge in [0.25, 0.3) is 11.6 Å². The molecule has 2 rings (SSSR count). The predicted octanol–water partition coefficient (Wildman–Crippen LogP) is 2.88. The highest BCUT2D eigenvalue weighted by Crippen LogP contribution is 2.12. The fourth-order valence-corrected chi connectivity index (χ4v) is 2.70. The smallest absolute Gasteiger partial charge is 0.269 e. The van der Waals surface area contributed by atoms with E-state index in [4.69, 9.17) is 17.3 Å². The molecule has 0 aliphatic carbocycles. The lowest BCUT2D eigenvalue weighted by Gasteiger charge is -2.25. The van der Waals surface area contributed by atoms with Gasteiger partial charge in [-0.05, 0) is 42.8 Å². The summed E-state index contributed by atoms with van der Waals surface area (Å²) in [5.74, 6) is -0.421. The van der Waals surface area contributed by atoms with Crippen molar-refractivity contribution in [1.29, 1.82) is 0 Å². The van der Waals surface area contributed by atoms with Crippen molar-refractivity contribution in [3.05, 3.63) is 75.8 Å². The molecule has 27 heavy (non-hydrogen) atoms. The zero-order valence-corrected chi connectivity index (χ0v) is 15.5. The zero-order chi connectivity index (χ0) is 19.6. The molecule has 0 saturated carbocycles. The van der Waals surface area contributed by atoms with Crippen LogP contribution in [0.2, 0.25) is 0 Å². The number of non-ortho nitro benzene ring substituents is 1. The molecule has 8 heteroatoms. The summed E-state index contributed by atoms with van der Waals surface area (Å²) in [4.78, 5) is 24.4. The molecule has 1 amide bonds. The van der Waals surface area contributed by atoms with Gasteiger partial charge in [0.15, 0.2) is 5.11 Å². The first kappa shape index (κ1) is 20.5. The Morgan fingerprint density at radius 3 is 2.37 bits per heavy atom. The number of amides is 1. The van der Waals surface area contributed by atoms with Crippen LogP contribution in [0.1, 0.15) is 28.8 Å². The molecule has 2 aromatic rings. The molecule has 0 fully saturated rings. The average Bonchev–Trinajstić information content (AvgIpc) is 2.68. The number of nitro groups is 1. The second-order valence-electron chi connectivity index (χ2n) is 5.90. The first-order valence-corrected chi connectivity index (χ1v) is 8.91. The molecule has 0 radical (unpaired) electrons. The maximum Gasteiger partial charge on any atom is 0.269 e. The quantitative estimate of drug-likeness (QED) is 0.313. The van der Waals surface area contributed by atoms with E-state index in [0.29, 0.717) is 19.5 Å². The summed E-state index contributed by atoms with van der Waals surface area (Å²) < 4.78 is 0. The number of hydrogen-bond acceptors (Lipinski definition) is 5. The van der Waals surface area contributed by atoms with E-state index in [-0.39, 0.29) is 23.0 Å². The van der Waals surface area contributed by atoms with Gasteiger partial charge in [-0.15, -0.1) is 0 Å². The van der Waals surface area contributed by atoms with Gasteiger partial charge in [0.1, 0.15) is 0 Å². The van der Waals surface area contributed by atoms with Crippen molar-refractivity contribution in [2.75, 3.05) is 13.2 Å². The molecule has 0 atom stereocenters. The Bertz CT molecular complexity index is 781. The fraction of sp³-hybridized carbons (Fsp3) is 0.263. The van der Waals surface area contributed by atoms with E-state index < -0.39 is 10.8 Å². The van der Waals surface area contributed by atoms with E-state index in [1.54, 1.807) is 0 Å². The highest BCUT2D eigenvalue weighted by atomic mass is 32.1. The number of benzene rings is 2. The highest BCUT2D eigenvalue weighted by molar-refractivity contribution is 7.80. The van der Waals surface area contributed by atoms with Gasteiger partial charge in [-0.25, -0.2) is 0 Å². The number of aliphatic hydroxyl groups excluding tert-OH is 1. The number of nitrogens with zero attached hydrogens (tertiary/aromatic N) is 2. The summed E-state index contributed by atoms with van der Waals surface area (Å²) in [5.41, 5.74) is 1.26. The molecule has 0 bridgehead atoms. The van der Waals surface area contributed by atoms with Gasteiger partial charge in [0, 0.05) is 37.4 Å². The Morgan fingerprint density at radius 1 is 1.11 bits per heavy atom. The number of nitrogens with one attached hydrogen (secondary N) is 1. The van der Waals surface area contributed by atoms with Gasteiger partial charge >= 0.3 is 0 Å². The number of carbonyl (C=O) groups excluding carboxylic acids is 1. The van der Waals surface area contributed by atoms with E-state index in [1.165, 1.54) is 24.3 Å². The molecule has 0 aliphatic heterocycles. The SMILES string of the molecule is O=C(NC(=S)N(CCCCO)Cc1ccccc1)c1ccc([N+](=O)[O-])cc1. The van der Waals surface area contributed by atoms with Gasteiger partial charge in [-0.1, -0.05) is 30.3 Å². The van der Waals surface area contributed by atoms with Gasteiger partial charge in [0.05, 0.1) is 4.92 Å². The molecule has 0 saturated heterocycles. The molecule has 2 N–H and O–H groups in total. The summed E-state index contributed by atoms with van der Waals surface area (Å²) in [6.07, 6.45) is 1.38. The molecular weight excluding hydrogens is 366 g/mol. The third kappa shape index (κ3) is 6.43. The van der Waals surface area contributed by atoms with Crippen LogP contribution in [0.3, 0.4) is 0 Å². The first-order chi connectivity index (χ1) is 13.0. The Labute approximate surface area is 162 Å². The van der Waals surface area contributed by atoms with Crippen LogP contribution < -0.4 is 5.32 Å². The minimum atomic E-state index is -0.519. The number of hydrogen-bond donors (Lipinski definition) is 2. The van der Waals surface area contributed by atoms with Crippen LogP contribution >= 0.6 is 12.2 Å². The van der Waals surface area contributed by atoms with Gasteiger partial charge in [0.2, 0.25) is 0 Å².